The van der Waals surface area contributed by atoms with Crippen molar-refractivity contribution < 1.29 is 9.47 Å². The van der Waals surface area contributed by atoms with Gasteiger partial charge >= 0.3 is 0 Å². The molecule has 2 aromatic heterocycles. The highest BCUT2D eigenvalue weighted by Gasteiger charge is 2.19. The molecule has 0 radical (unpaired) electrons. The molecule has 0 N–H and O–H groups in total. The van der Waals surface area contributed by atoms with Crippen LogP contribution in [0.25, 0.3) is 38.8 Å². The van der Waals surface area contributed by atoms with E-state index in [4.69, 9.17) is 19.6 Å². The van der Waals surface area contributed by atoms with Crippen LogP contribution in [0.5, 0.6) is 11.5 Å². The van der Waals surface area contributed by atoms with Crippen molar-refractivity contribution in [3.63, 3.8) is 0 Å². The molecule has 3 aromatic carbocycles. The third kappa shape index (κ3) is 2.87. The van der Waals surface area contributed by atoms with E-state index in [1.807, 2.05) is 41.2 Å². The number of aromatic nitrogens is 3. The molecule has 0 unspecified atom stereocenters. The third-order valence-corrected chi connectivity index (χ3v) is 5.34. The fraction of sp³-hybridized carbons (Fsp3) is 0.120. The average Bonchev–Trinajstić information content (AvgIpc) is 3.19. The lowest BCUT2D eigenvalue weighted by atomic mass is 10.1. The Bertz CT molecular complexity index is 1360. The van der Waals surface area contributed by atoms with Gasteiger partial charge in [0.25, 0.3) is 0 Å². The van der Waals surface area contributed by atoms with E-state index in [2.05, 4.69) is 43.3 Å². The van der Waals surface area contributed by atoms with Gasteiger partial charge in [-0.1, -0.05) is 48.0 Å². The molecule has 148 valence electrons. The molecule has 5 aromatic rings. The number of fused-ring (bicyclic) bond motifs is 3. The van der Waals surface area contributed by atoms with Crippen molar-refractivity contribution in [3.05, 3.63) is 78.5 Å². The summed E-state index contributed by atoms with van der Waals surface area (Å²) in [7, 11) is 3.27. The molecule has 0 aliphatic carbocycles. The highest BCUT2D eigenvalue weighted by molar-refractivity contribution is 6.09. The summed E-state index contributed by atoms with van der Waals surface area (Å²) in [5, 5.41) is 6.96. The standard InChI is InChI=1S/C25H21N3O2/c1-16-9-11-17(12-10-16)24-20-15-26-21-14-23(30-3)22(29-2)13-19(21)25(20)28(27-24)18-7-5-4-6-8-18/h4-15H,1-3H3. The van der Waals surface area contributed by atoms with Crippen LogP contribution in [0.1, 0.15) is 5.56 Å². The minimum atomic E-state index is 0.654. The molecule has 0 fully saturated rings. The van der Waals surface area contributed by atoms with Gasteiger partial charge in [0.2, 0.25) is 0 Å². The van der Waals surface area contributed by atoms with Gasteiger partial charge in [0.1, 0.15) is 5.69 Å². The van der Waals surface area contributed by atoms with E-state index < -0.39 is 0 Å². The van der Waals surface area contributed by atoms with E-state index >= 15 is 0 Å². The van der Waals surface area contributed by atoms with Gasteiger partial charge in [0.05, 0.1) is 30.9 Å². The smallest absolute Gasteiger partial charge is 0.162 e. The maximum absolute atomic E-state index is 5.56. The van der Waals surface area contributed by atoms with E-state index in [0.29, 0.717) is 11.5 Å². The van der Waals surface area contributed by atoms with Crippen LogP contribution >= 0.6 is 0 Å². The van der Waals surface area contributed by atoms with E-state index in [0.717, 1.165) is 38.8 Å². The Hall–Kier alpha value is -3.86. The minimum Gasteiger partial charge on any atom is -0.493 e. The molecule has 5 heteroatoms. The minimum absolute atomic E-state index is 0.654. The summed E-state index contributed by atoms with van der Waals surface area (Å²) in [6, 6.07) is 22.4. The number of ether oxygens (including phenoxy) is 2. The summed E-state index contributed by atoms with van der Waals surface area (Å²) < 4.78 is 13.0. The Morgan fingerprint density at radius 2 is 1.50 bits per heavy atom. The Labute approximate surface area is 174 Å². The number of para-hydroxylation sites is 1. The lowest BCUT2D eigenvalue weighted by Crippen LogP contribution is -1.97. The Balaban J connectivity index is 1.90. The molecule has 0 saturated heterocycles. The van der Waals surface area contributed by atoms with Crippen molar-refractivity contribution in [1.82, 2.24) is 14.8 Å². The second-order valence-electron chi connectivity index (χ2n) is 7.21. The zero-order valence-corrected chi connectivity index (χ0v) is 17.1. The number of hydrogen-bond acceptors (Lipinski definition) is 4. The van der Waals surface area contributed by atoms with Gasteiger partial charge in [-0.2, -0.15) is 5.10 Å². The van der Waals surface area contributed by atoms with Gasteiger partial charge in [0, 0.05) is 28.6 Å². The number of hydrogen-bond donors (Lipinski definition) is 0. The normalized spacial score (nSPS) is 11.2. The predicted octanol–water partition coefficient (Wildman–Crippen LogP) is 5.57. The lowest BCUT2D eigenvalue weighted by molar-refractivity contribution is 0.356. The molecule has 0 atom stereocenters. The van der Waals surface area contributed by atoms with Crippen molar-refractivity contribution >= 4 is 21.8 Å². The number of rotatable bonds is 4. The van der Waals surface area contributed by atoms with Crippen LogP contribution in [-0.4, -0.2) is 29.0 Å². The van der Waals surface area contributed by atoms with Crippen molar-refractivity contribution in [3.8, 4) is 28.4 Å². The SMILES string of the molecule is COc1cc2ncc3c(-c4ccc(C)cc4)nn(-c4ccccc4)c3c2cc1OC. The van der Waals surface area contributed by atoms with Crippen LogP contribution in [-0.2, 0) is 0 Å². The van der Waals surface area contributed by atoms with Crippen LogP contribution in [0.15, 0.2) is 72.9 Å². The van der Waals surface area contributed by atoms with Crippen LogP contribution < -0.4 is 9.47 Å². The van der Waals surface area contributed by atoms with Crippen LogP contribution in [0.2, 0.25) is 0 Å². The van der Waals surface area contributed by atoms with Gasteiger partial charge in [-0.3, -0.25) is 4.98 Å². The molecule has 0 saturated carbocycles. The van der Waals surface area contributed by atoms with Gasteiger partial charge in [-0.15, -0.1) is 0 Å². The summed E-state index contributed by atoms with van der Waals surface area (Å²) >= 11 is 0. The fourth-order valence-electron chi connectivity index (χ4n) is 3.79. The quantitative estimate of drug-likeness (QED) is 0.399. The van der Waals surface area contributed by atoms with E-state index in [-0.39, 0.29) is 0 Å². The van der Waals surface area contributed by atoms with Crippen LogP contribution in [0.4, 0.5) is 0 Å². The summed E-state index contributed by atoms with van der Waals surface area (Å²) in [5.74, 6) is 1.32. The van der Waals surface area contributed by atoms with Crippen molar-refractivity contribution in [1.29, 1.82) is 0 Å². The van der Waals surface area contributed by atoms with Gasteiger partial charge < -0.3 is 9.47 Å². The van der Waals surface area contributed by atoms with Crippen LogP contribution in [0, 0.1) is 6.92 Å². The molecule has 5 nitrogen and oxygen atoms in total. The summed E-state index contributed by atoms with van der Waals surface area (Å²) in [5.41, 5.74) is 5.98. The first-order valence-corrected chi connectivity index (χ1v) is 9.75. The Morgan fingerprint density at radius 1 is 0.800 bits per heavy atom. The molecule has 0 amide bonds. The van der Waals surface area contributed by atoms with Gasteiger partial charge in [-0.25, -0.2) is 4.68 Å². The predicted molar refractivity (Wildman–Crippen MR) is 120 cm³/mol. The number of methoxy groups -OCH3 is 2. The number of nitrogens with zero attached hydrogens (tertiary/aromatic N) is 3. The van der Waals surface area contributed by atoms with E-state index in [1.54, 1.807) is 14.2 Å². The third-order valence-electron chi connectivity index (χ3n) is 5.34. The molecular formula is C25H21N3O2. The van der Waals surface area contributed by atoms with E-state index in [9.17, 15) is 0 Å². The molecule has 0 aliphatic heterocycles. The highest BCUT2D eigenvalue weighted by atomic mass is 16.5. The second-order valence-corrected chi connectivity index (χ2v) is 7.21. The molecule has 2 heterocycles. The van der Waals surface area contributed by atoms with Gasteiger partial charge in [-0.05, 0) is 25.1 Å². The maximum atomic E-state index is 5.56. The molecule has 0 bridgehead atoms. The molecular weight excluding hydrogens is 374 g/mol. The molecule has 5 rings (SSSR count). The first-order chi connectivity index (χ1) is 14.7. The summed E-state index contributed by atoms with van der Waals surface area (Å²) in [6.45, 7) is 2.08. The zero-order chi connectivity index (χ0) is 20.7. The second kappa shape index (κ2) is 7.19. The van der Waals surface area contributed by atoms with Crippen LogP contribution in [0.3, 0.4) is 0 Å². The fourth-order valence-corrected chi connectivity index (χ4v) is 3.79. The molecule has 0 spiro atoms. The Morgan fingerprint density at radius 3 is 2.20 bits per heavy atom. The number of aryl methyl sites for hydroxylation is 1. The van der Waals surface area contributed by atoms with Crippen molar-refractivity contribution in [2.45, 2.75) is 6.92 Å². The maximum Gasteiger partial charge on any atom is 0.162 e. The first kappa shape index (κ1) is 18.2. The highest BCUT2D eigenvalue weighted by Crippen LogP contribution is 2.38. The topological polar surface area (TPSA) is 49.2 Å². The zero-order valence-electron chi connectivity index (χ0n) is 17.1. The first-order valence-electron chi connectivity index (χ1n) is 9.75. The summed E-state index contributed by atoms with van der Waals surface area (Å²) in [4.78, 5) is 4.72. The number of benzene rings is 3. The Kier molecular flexibility index (Phi) is 4.36. The van der Waals surface area contributed by atoms with Crippen molar-refractivity contribution in [2.24, 2.45) is 0 Å². The largest absolute Gasteiger partial charge is 0.493 e. The number of pyridine rings is 1. The average molecular weight is 395 g/mol. The molecule has 0 aliphatic rings. The van der Waals surface area contributed by atoms with Crippen molar-refractivity contribution in [2.75, 3.05) is 14.2 Å². The molecule has 30 heavy (non-hydrogen) atoms. The monoisotopic (exact) mass is 395 g/mol. The van der Waals surface area contributed by atoms with E-state index in [1.165, 1.54) is 5.56 Å². The summed E-state index contributed by atoms with van der Waals surface area (Å²) in [6.07, 6.45) is 1.89. The lowest BCUT2D eigenvalue weighted by Gasteiger charge is -2.10. The van der Waals surface area contributed by atoms with Gasteiger partial charge in [0.15, 0.2) is 11.5 Å².